The molecule has 3 aromatic carbocycles. The maximum atomic E-state index is 13.9. The number of aromatic nitrogens is 1. The van der Waals surface area contributed by atoms with Crippen LogP contribution in [0, 0.1) is 10.1 Å². The molecule has 1 unspecified atom stereocenters. The molecule has 0 saturated heterocycles. The minimum Gasteiger partial charge on any atom is -0.496 e. The van der Waals surface area contributed by atoms with Crippen molar-refractivity contribution in [3.63, 3.8) is 0 Å². The highest BCUT2D eigenvalue weighted by molar-refractivity contribution is 7.07. The van der Waals surface area contributed by atoms with E-state index in [1.54, 1.807) is 43.3 Å². The number of allylic oxidation sites excluding steroid dienone is 1. The number of ether oxygens (including phenoxy) is 4. The molecule has 0 amide bonds. The van der Waals surface area contributed by atoms with E-state index in [1.807, 2.05) is 30.3 Å². The molecule has 11 nitrogen and oxygen atoms in total. The van der Waals surface area contributed by atoms with Gasteiger partial charge in [-0.3, -0.25) is 19.5 Å². The van der Waals surface area contributed by atoms with Crippen LogP contribution in [0.15, 0.2) is 93.9 Å². The Balaban J connectivity index is 1.46. The second kappa shape index (κ2) is 13.5. The Labute approximate surface area is 256 Å². The smallest absolute Gasteiger partial charge is 0.338 e. The molecular formula is C32H29N3O8S. The first-order valence-electron chi connectivity index (χ1n) is 13.6. The number of nitrogens with zero attached hydrogens (tertiary/aromatic N) is 3. The predicted molar refractivity (Wildman–Crippen MR) is 163 cm³/mol. The number of hydrogen-bond acceptors (Lipinski definition) is 10. The van der Waals surface area contributed by atoms with Crippen molar-refractivity contribution in [3.8, 4) is 11.5 Å². The van der Waals surface area contributed by atoms with Crippen molar-refractivity contribution in [1.29, 1.82) is 0 Å². The molecule has 4 aromatic rings. The highest BCUT2D eigenvalue weighted by atomic mass is 32.1. The van der Waals surface area contributed by atoms with E-state index in [4.69, 9.17) is 18.9 Å². The first-order chi connectivity index (χ1) is 21.3. The third-order valence-corrected chi connectivity index (χ3v) is 7.91. The average Bonchev–Trinajstić information content (AvgIpc) is 3.33. The monoisotopic (exact) mass is 615 g/mol. The van der Waals surface area contributed by atoms with Crippen LogP contribution in [0.25, 0.3) is 6.08 Å². The molecule has 1 aliphatic rings. The van der Waals surface area contributed by atoms with Crippen molar-refractivity contribution in [2.24, 2.45) is 4.99 Å². The zero-order valence-electron chi connectivity index (χ0n) is 24.2. The lowest BCUT2D eigenvalue weighted by molar-refractivity contribution is -0.384. The lowest BCUT2D eigenvalue weighted by Gasteiger charge is -2.26. The van der Waals surface area contributed by atoms with Crippen LogP contribution in [0.4, 0.5) is 5.69 Å². The van der Waals surface area contributed by atoms with Gasteiger partial charge in [0.25, 0.3) is 11.2 Å². The van der Waals surface area contributed by atoms with Crippen LogP contribution < -0.4 is 24.4 Å². The van der Waals surface area contributed by atoms with Gasteiger partial charge in [-0.2, -0.15) is 0 Å². The quantitative estimate of drug-likeness (QED) is 0.107. The number of nitro groups is 1. The van der Waals surface area contributed by atoms with E-state index in [0.29, 0.717) is 32.1 Å². The molecule has 0 radical (unpaired) electrons. The van der Waals surface area contributed by atoms with Crippen LogP contribution in [-0.4, -0.2) is 42.9 Å². The number of carbonyl (C=O) groups is 1. The molecule has 1 atom stereocenters. The Bertz CT molecular complexity index is 1890. The summed E-state index contributed by atoms with van der Waals surface area (Å²) in [4.78, 5) is 42.7. The second-order valence-corrected chi connectivity index (χ2v) is 10.7. The number of thiazole rings is 1. The van der Waals surface area contributed by atoms with Gasteiger partial charge >= 0.3 is 5.97 Å². The first kappa shape index (κ1) is 30.4. The molecule has 5 rings (SSSR count). The first-order valence-corrected chi connectivity index (χ1v) is 14.4. The molecule has 0 aliphatic carbocycles. The molecule has 1 aromatic heterocycles. The summed E-state index contributed by atoms with van der Waals surface area (Å²) in [7, 11) is 3.05. The number of carbonyl (C=O) groups excluding carboxylic acids is 1. The molecular weight excluding hydrogens is 586 g/mol. The maximum absolute atomic E-state index is 13.9. The predicted octanol–water partition coefficient (Wildman–Crippen LogP) is 3.92. The van der Waals surface area contributed by atoms with Crippen molar-refractivity contribution in [2.75, 3.05) is 27.4 Å². The number of esters is 1. The Hall–Kier alpha value is -5.07. The molecule has 12 heteroatoms. The number of nitro benzene ring substituents is 1. The summed E-state index contributed by atoms with van der Waals surface area (Å²) in [5.41, 5.74) is 2.60. The fourth-order valence-corrected chi connectivity index (χ4v) is 5.80. The van der Waals surface area contributed by atoms with Crippen molar-refractivity contribution >= 4 is 29.1 Å². The number of benzene rings is 3. The highest BCUT2D eigenvalue weighted by Gasteiger charge is 2.35. The van der Waals surface area contributed by atoms with E-state index < -0.39 is 16.9 Å². The standard InChI is InChI=1S/C32H29N3O8S/c1-20-28(31(37)42-17-16-40-2)29(25-6-4-5-7-26(25)41-3)34-30(36)27(44-32(34)33-20)18-21-10-14-24(15-11-21)43-19-22-8-12-23(13-9-22)35(38)39/h4-15,18,29H,16-17,19H2,1-3H3. The van der Waals surface area contributed by atoms with Gasteiger partial charge in [0, 0.05) is 24.8 Å². The Morgan fingerprint density at radius 2 is 1.77 bits per heavy atom. The van der Waals surface area contributed by atoms with Crippen LogP contribution in [0.2, 0.25) is 0 Å². The summed E-state index contributed by atoms with van der Waals surface area (Å²) >= 11 is 1.22. The van der Waals surface area contributed by atoms with Crippen molar-refractivity contribution in [1.82, 2.24) is 4.57 Å². The third kappa shape index (κ3) is 6.46. The average molecular weight is 616 g/mol. The molecule has 1 aliphatic heterocycles. The zero-order chi connectivity index (χ0) is 31.2. The molecule has 0 spiro atoms. The number of hydrogen-bond donors (Lipinski definition) is 0. The largest absolute Gasteiger partial charge is 0.496 e. The molecule has 0 saturated carbocycles. The minimum absolute atomic E-state index is 0.0194. The molecule has 0 fully saturated rings. The van der Waals surface area contributed by atoms with E-state index in [2.05, 4.69) is 4.99 Å². The molecule has 44 heavy (non-hydrogen) atoms. The third-order valence-electron chi connectivity index (χ3n) is 6.93. The van der Waals surface area contributed by atoms with Gasteiger partial charge in [-0.25, -0.2) is 9.79 Å². The van der Waals surface area contributed by atoms with E-state index in [9.17, 15) is 19.7 Å². The second-order valence-electron chi connectivity index (χ2n) is 9.73. The summed E-state index contributed by atoms with van der Waals surface area (Å²) in [5, 5.41) is 10.9. The number of rotatable bonds is 11. The van der Waals surface area contributed by atoms with Crippen LogP contribution in [0.1, 0.15) is 29.7 Å². The summed E-state index contributed by atoms with van der Waals surface area (Å²) in [5.74, 6) is 0.538. The Morgan fingerprint density at radius 1 is 1.05 bits per heavy atom. The summed E-state index contributed by atoms with van der Waals surface area (Å²) in [6, 6.07) is 19.8. The summed E-state index contributed by atoms with van der Waals surface area (Å²) in [6.07, 6.45) is 1.76. The van der Waals surface area contributed by atoms with E-state index >= 15 is 0 Å². The lowest BCUT2D eigenvalue weighted by atomic mass is 9.95. The van der Waals surface area contributed by atoms with Gasteiger partial charge in [0.05, 0.1) is 34.4 Å². The number of para-hydroxylation sites is 1. The van der Waals surface area contributed by atoms with E-state index in [1.165, 1.54) is 42.3 Å². The SMILES string of the molecule is COCCOC(=O)C1=C(C)N=c2sc(=Cc3ccc(OCc4ccc([N+](=O)[O-])cc4)cc3)c(=O)n2C1c1ccccc1OC. The van der Waals surface area contributed by atoms with Gasteiger partial charge in [-0.1, -0.05) is 41.7 Å². The minimum atomic E-state index is -0.810. The van der Waals surface area contributed by atoms with Gasteiger partial charge in [-0.05, 0) is 54.5 Å². The Morgan fingerprint density at radius 3 is 2.45 bits per heavy atom. The maximum Gasteiger partial charge on any atom is 0.338 e. The van der Waals surface area contributed by atoms with Crippen molar-refractivity contribution < 1.29 is 28.7 Å². The van der Waals surface area contributed by atoms with Crippen molar-refractivity contribution in [2.45, 2.75) is 19.6 Å². The van der Waals surface area contributed by atoms with E-state index in [0.717, 1.165) is 11.1 Å². The van der Waals surface area contributed by atoms with Gasteiger partial charge in [-0.15, -0.1) is 0 Å². The molecule has 0 N–H and O–H groups in total. The number of fused-ring (bicyclic) bond motifs is 1. The van der Waals surface area contributed by atoms with Gasteiger partial charge in [0.15, 0.2) is 4.80 Å². The van der Waals surface area contributed by atoms with Gasteiger partial charge in [0.1, 0.15) is 30.8 Å². The zero-order valence-corrected chi connectivity index (χ0v) is 25.0. The summed E-state index contributed by atoms with van der Waals surface area (Å²) in [6.45, 7) is 2.26. The normalized spacial score (nSPS) is 14.5. The fraction of sp³-hybridized carbons (Fsp3) is 0.219. The van der Waals surface area contributed by atoms with E-state index in [-0.39, 0.29) is 36.6 Å². The van der Waals surface area contributed by atoms with Gasteiger partial charge in [0.2, 0.25) is 0 Å². The number of methoxy groups -OCH3 is 2. The number of non-ortho nitro benzene ring substituents is 1. The highest BCUT2D eigenvalue weighted by Crippen LogP contribution is 2.35. The summed E-state index contributed by atoms with van der Waals surface area (Å²) < 4.78 is 23.9. The van der Waals surface area contributed by atoms with Crippen LogP contribution >= 0.6 is 11.3 Å². The topological polar surface area (TPSA) is 131 Å². The van der Waals surface area contributed by atoms with Crippen LogP contribution in [0.3, 0.4) is 0 Å². The van der Waals surface area contributed by atoms with Crippen LogP contribution in [0.5, 0.6) is 11.5 Å². The fourth-order valence-electron chi connectivity index (χ4n) is 4.76. The molecule has 0 bridgehead atoms. The molecule has 226 valence electrons. The lowest BCUT2D eigenvalue weighted by Crippen LogP contribution is -2.40. The van der Waals surface area contributed by atoms with Crippen molar-refractivity contribution in [3.05, 3.63) is 131 Å². The van der Waals surface area contributed by atoms with Gasteiger partial charge < -0.3 is 18.9 Å². The Kier molecular flexibility index (Phi) is 9.32. The van der Waals surface area contributed by atoms with Crippen LogP contribution in [-0.2, 0) is 20.9 Å². The molecule has 2 heterocycles.